The van der Waals surface area contributed by atoms with Gasteiger partial charge in [0.05, 0.1) is 12.2 Å². The van der Waals surface area contributed by atoms with Crippen molar-refractivity contribution in [3.8, 4) is 5.75 Å². The third-order valence-electron chi connectivity index (χ3n) is 3.18. The monoisotopic (exact) mass is 249 g/mol. The van der Waals surface area contributed by atoms with E-state index in [0.29, 0.717) is 25.4 Å². The van der Waals surface area contributed by atoms with Gasteiger partial charge in [-0.3, -0.25) is 4.79 Å². The van der Waals surface area contributed by atoms with Crippen molar-refractivity contribution in [1.29, 1.82) is 0 Å². The highest BCUT2D eigenvalue weighted by Crippen LogP contribution is 2.27. The molecule has 5 nitrogen and oxygen atoms in total. The zero-order valence-corrected chi connectivity index (χ0v) is 10.6. The topological polar surface area (TPSA) is 55.8 Å². The minimum absolute atomic E-state index is 0.134. The molecule has 2 N–H and O–H groups in total. The van der Waals surface area contributed by atoms with Crippen LogP contribution in [-0.4, -0.2) is 55.7 Å². The summed E-state index contributed by atoms with van der Waals surface area (Å²) >= 11 is 0. The summed E-state index contributed by atoms with van der Waals surface area (Å²) in [7, 11) is 1.77. The maximum absolute atomic E-state index is 11.7. The second-order valence-electron chi connectivity index (χ2n) is 4.39. The summed E-state index contributed by atoms with van der Waals surface area (Å²) in [6, 6.07) is 7.31. The molecule has 1 aromatic carbocycles. The Bertz CT molecular complexity index is 414. The fraction of sp³-hybridized carbons (Fsp3) is 0.462. The normalized spacial score (nSPS) is 15.8. The van der Waals surface area contributed by atoms with Crippen LogP contribution >= 0.6 is 0 Å². The molecule has 0 radical (unpaired) electrons. The number of rotatable bonds is 3. The maximum atomic E-state index is 11.7. The lowest BCUT2D eigenvalue weighted by Gasteiger charge is -2.36. The second-order valence-corrected chi connectivity index (χ2v) is 4.39. The lowest BCUT2D eigenvalue weighted by Crippen LogP contribution is -2.50. The van der Waals surface area contributed by atoms with Gasteiger partial charge in [0, 0.05) is 26.2 Å². The number of nitrogens with zero attached hydrogens (tertiary/aromatic N) is 2. The molecule has 1 saturated heterocycles. The van der Waals surface area contributed by atoms with Gasteiger partial charge >= 0.3 is 0 Å². The van der Waals surface area contributed by atoms with Crippen LogP contribution in [0.3, 0.4) is 0 Å². The molecule has 0 atom stereocenters. The van der Waals surface area contributed by atoms with Gasteiger partial charge in [0.15, 0.2) is 0 Å². The highest BCUT2D eigenvalue weighted by Gasteiger charge is 2.21. The average Bonchev–Trinajstić information content (AvgIpc) is 2.40. The van der Waals surface area contributed by atoms with Crippen molar-refractivity contribution >= 4 is 11.6 Å². The van der Waals surface area contributed by atoms with E-state index >= 15 is 0 Å². The Hall–Kier alpha value is -1.75. The van der Waals surface area contributed by atoms with Crippen LogP contribution in [0.15, 0.2) is 24.3 Å². The molecule has 98 valence electrons. The summed E-state index contributed by atoms with van der Waals surface area (Å²) in [5.41, 5.74) is 0.846. The third-order valence-corrected chi connectivity index (χ3v) is 3.18. The van der Waals surface area contributed by atoms with Gasteiger partial charge in [-0.05, 0) is 19.2 Å². The minimum Gasteiger partial charge on any atom is -0.506 e. The number of carbonyl (C=O) groups excluding carboxylic acids is 1. The van der Waals surface area contributed by atoms with Crippen LogP contribution in [0, 0.1) is 0 Å². The number of para-hydroxylation sites is 2. The van der Waals surface area contributed by atoms with Gasteiger partial charge in [0.1, 0.15) is 5.75 Å². The van der Waals surface area contributed by atoms with Crippen LogP contribution in [0.5, 0.6) is 5.75 Å². The summed E-state index contributed by atoms with van der Waals surface area (Å²) in [6.45, 7) is 3.31. The Morgan fingerprint density at radius 1 is 1.28 bits per heavy atom. The number of piperazine rings is 1. The van der Waals surface area contributed by atoms with Crippen molar-refractivity contribution in [2.24, 2.45) is 0 Å². The van der Waals surface area contributed by atoms with Crippen molar-refractivity contribution in [2.75, 3.05) is 44.7 Å². The van der Waals surface area contributed by atoms with Crippen molar-refractivity contribution in [3.63, 3.8) is 0 Å². The quantitative estimate of drug-likeness (QED) is 0.807. The molecular formula is C13H19N3O2. The van der Waals surface area contributed by atoms with E-state index in [1.165, 1.54) is 0 Å². The van der Waals surface area contributed by atoms with E-state index in [4.69, 9.17) is 0 Å². The highest BCUT2D eigenvalue weighted by molar-refractivity contribution is 5.78. The Kier molecular flexibility index (Phi) is 4.04. The molecule has 1 aliphatic rings. The first kappa shape index (κ1) is 12.7. The van der Waals surface area contributed by atoms with Crippen molar-refractivity contribution in [1.82, 2.24) is 10.2 Å². The second kappa shape index (κ2) is 5.73. The first-order valence-electron chi connectivity index (χ1n) is 6.17. The summed E-state index contributed by atoms with van der Waals surface area (Å²) in [4.78, 5) is 15.7. The Labute approximate surface area is 107 Å². The molecule has 1 heterocycles. The van der Waals surface area contributed by atoms with Crippen molar-refractivity contribution < 1.29 is 9.90 Å². The Morgan fingerprint density at radius 2 is 1.94 bits per heavy atom. The first-order valence-corrected chi connectivity index (χ1v) is 6.17. The van der Waals surface area contributed by atoms with E-state index in [0.717, 1.165) is 18.8 Å². The molecule has 1 aromatic rings. The van der Waals surface area contributed by atoms with E-state index in [1.807, 2.05) is 23.1 Å². The number of nitrogens with one attached hydrogen (secondary N) is 1. The zero-order valence-electron chi connectivity index (χ0n) is 10.6. The fourth-order valence-corrected chi connectivity index (χ4v) is 2.19. The summed E-state index contributed by atoms with van der Waals surface area (Å²) in [5.74, 6) is 0.432. The van der Waals surface area contributed by atoms with Gasteiger partial charge in [0.2, 0.25) is 5.91 Å². The summed E-state index contributed by atoms with van der Waals surface area (Å²) < 4.78 is 0. The predicted octanol–water partition coefficient (Wildman–Crippen LogP) is 0.260. The highest BCUT2D eigenvalue weighted by atomic mass is 16.3. The van der Waals surface area contributed by atoms with Gasteiger partial charge in [-0.1, -0.05) is 12.1 Å². The van der Waals surface area contributed by atoms with Crippen LogP contribution in [0.4, 0.5) is 5.69 Å². The number of carbonyl (C=O) groups is 1. The smallest absolute Gasteiger partial charge is 0.236 e. The number of benzene rings is 1. The Morgan fingerprint density at radius 3 is 2.56 bits per heavy atom. The molecule has 0 aromatic heterocycles. The van der Waals surface area contributed by atoms with E-state index in [-0.39, 0.29) is 5.91 Å². The Balaban J connectivity index is 1.95. The standard InChI is InChI=1S/C13H19N3O2/c1-14-10-13(18)16-8-6-15(7-9-16)11-4-2-3-5-12(11)17/h2-5,14,17H,6-10H2,1H3. The zero-order chi connectivity index (χ0) is 13.0. The number of phenolic OH excluding ortho intramolecular Hbond substituents is 1. The van der Waals surface area contributed by atoms with E-state index in [9.17, 15) is 9.90 Å². The maximum Gasteiger partial charge on any atom is 0.236 e. The number of amides is 1. The van der Waals surface area contributed by atoms with E-state index in [2.05, 4.69) is 10.2 Å². The number of hydrogen-bond donors (Lipinski definition) is 2. The molecule has 2 rings (SSSR count). The molecule has 0 bridgehead atoms. The van der Waals surface area contributed by atoms with E-state index in [1.54, 1.807) is 13.1 Å². The van der Waals surface area contributed by atoms with Crippen LogP contribution in [-0.2, 0) is 4.79 Å². The SMILES string of the molecule is CNCC(=O)N1CCN(c2ccccc2O)CC1. The first-order chi connectivity index (χ1) is 8.72. The molecule has 1 fully saturated rings. The van der Waals surface area contributed by atoms with Crippen molar-refractivity contribution in [3.05, 3.63) is 24.3 Å². The molecule has 1 amide bonds. The van der Waals surface area contributed by atoms with Crippen LogP contribution < -0.4 is 10.2 Å². The number of phenols is 1. The van der Waals surface area contributed by atoms with Crippen LogP contribution in [0.1, 0.15) is 0 Å². The molecule has 5 heteroatoms. The molecule has 0 spiro atoms. The van der Waals surface area contributed by atoms with Gasteiger partial charge < -0.3 is 20.2 Å². The van der Waals surface area contributed by atoms with Crippen LogP contribution in [0.25, 0.3) is 0 Å². The van der Waals surface area contributed by atoms with Crippen molar-refractivity contribution in [2.45, 2.75) is 0 Å². The molecule has 1 aliphatic heterocycles. The average molecular weight is 249 g/mol. The lowest BCUT2D eigenvalue weighted by atomic mass is 10.2. The number of likely N-dealkylation sites (N-methyl/N-ethyl adjacent to an activating group) is 1. The molecule has 18 heavy (non-hydrogen) atoms. The third kappa shape index (κ3) is 2.73. The molecule has 0 unspecified atom stereocenters. The van der Waals surface area contributed by atoms with E-state index < -0.39 is 0 Å². The van der Waals surface area contributed by atoms with Crippen LogP contribution in [0.2, 0.25) is 0 Å². The minimum atomic E-state index is 0.134. The molecule has 0 saturated carbocycles. The summed E-state index contributed by atoms with van der Waals surface area (Å²) in [5, 5.41) is 12.7. The largest absolute Gasteiger partial charge is 0.506 e. The lowest BCUT2D eigenvalue weighted by molar-refractivity contribution is -0.130. The molecular weight excluding hydrogens is 230 g/mol. The molecule has 0 aliphatic carbocycles. The number of anilines is 1. The number of aromatic hydroxyl groups is 1. The van der Waals surface area contributed by atoms with Gasteiger partial charge in [-0.25, -0.2) is 0 Å². The fourth-order valence-electron chi connectivity index (χ4n) is 2.19. The number of hydrogen-bond acceptors (Lipinski definition) is 4. The van der Waals surface area contributed by atoms with Gasteiger partial charge in [-0.2, -0.15) is 0 Å². The summed E-state index contributed by atoms with van der Waals surface area (Å²) in [6.07, 6.45) is 0. The predicted molar refractivity (Wildman–Crippen MR) is 70.8 cm³/mol. The van der Waals surface area contributed by atoms with Gasteiger partial charge in [0.25, 0.3) is 0 Å². The van der Waals surface area contributed by atoms with Gasteiger partial charge in [-0.15, -0.1) is 0 Å².